The molecule has 0 aromatic heterocycles. The van der Waals surface area contributed by atoms with E-state index in [2.05, 4.69) is 10.6 Å². The van der Waals surface area contributed by atoms with Gasteiger partial charge in [-0.25, -0.2) is 4.39 Å². The summed E-state index contributed by atoms with van der Waals surface area (Å²) >= 11 is 0. The lowest BCUT2D eigenvalue weighted by atomic mass is 9.93. The molecule has 0 amide bonds. The largest absolute Gasteiger partial charge is 0.339 e. The van der Waals surface area contributed by atoms with E-state index in [9.17, 15) is 20.2 Å². The van der Waals surface area contributed by atoms with E-state index in [1.54, 1.807) is 18.2 Å². The number of rotatable bonds is 2. The van der Waals surface area contributed by atoms with Crippen molar-refractivity contribution in [3.63, 3.8) is 0 Å². The van der Waals surface area contributed by atoms with Crippen molar-refractivity contribution in [3.05, 3.63) is 76.9 Å². The summed E-state index contributed by atoms with van der Waals surface area (Å²) in [5.41, 5.74) is 1.10. The fraction of sp³-hybridized carbons (Fsp3) is 0. The Labute approximate surface area is 143 Å². The lowest BCUT2D eigenvalue weighted by molar-refractivity contribution is 0.624. The maximum absolute atomic E-state index is 14.3. The van der Waals surface area contributed by atoms with Crippen molar-refractivity contribution in [2.75, 3.05) is 10.6 Å². The molecule has 2 N–H and O–H groups in total. The highest BCUT2D eigenvalue weighted by atomic mass is 19.1. The first-order valence-corrected chi connectivity index (χ1v) is 7.26. The second kappa shape index (κ2) is 6.58. The van der Waals surface area contributed by atoms with Crippen molar-refractivity contribution in [3.8, 4) is 18.2 Å². The third-order valence-corrected chi connectivity index (χ3v) is 3.68. The van der Waals surface area contributed by atoms with Crippen LogP contribution in [0.5, 0.6) is 0 Å². The summed E-state index contributed by atoms with van der Waals surface area (Å²) in [7, 11) is 0. The molecule has 0 unspecified atom stereocenters. The smallest absolute Gasteiger partial charge is 0.139 e. The van der Waals surface area contributed by atoms with E-state index < -0.39 is 5.82 Å². The number of anilines is 2. The molecular weight excluding hydrogens is 317 g/mol. The Balaban J connectivity index is 2.25. The molecule has 6 heteroatoms. The van der Waals surface area contributed by atoms with Gasteiger partial charge in [0.1, 0.15) is 41.0 Å². The molecule has 0 atom stereocenters. The van der Waals surface area contributed by atoms with Crippen molar-refractivity contribution >= 4 is 16.9 Å². The fourth-order valence-corrected chi connectivity index (χ4v) is 2.56. The maximum Gasteiger partial charge on any atom is 0.139 e. The highest BCUT2D eigenvalue weighted by Crippen LogP contribution is 2.36. The molecule has 1 heterocycles. The number of allylic oxidation sites excluding steroid dienone is 3. The quantitative estimate of drug-likeness (QED) is 0.816. The summed E-state index contributed by atoms with van der Waals surface area (Å²) in [5.74, 6) is -0.325. The number of hydrogen-bond acceptors (Lipinski definition) is 5. The normalized spacial score (nSPS) is 11.0. The number of hydrogen-bond donors (Lipinski definition) is 2. The molecule has 2 aromatic carbocycles. The summed E-state index contributed by atoms with van der Waals surface area (Å²) in [5, 5.41) is 34.3. The Bertz CT molecular complexity index is 1000. The first-order valence-electron chi connectivity index (χ1n) is 7.26. The number of nitriles is 3. The topological polar surface area (TPSA) is 95.4 Å². The molecular formula is C19H10FN5. The third kappa shape index (κ3) is 2.79. The second-order valence-electron chi connectivity index (χ2n) is 5.11. The summed E-state index contributed by atoms with van der Waals surface area (Å²) in [6.07, 6.45) is 0. The van der Waals surface area contributed by atoms with Crippen molar-refractivity contribution in [2.45, 2.75) is 0 Å². The van der Waals surface area contributed by atoms with Crippen molar-refractivity contribution in [1.82, 2.24) is 0 Å². The van der Waals surface area contributed by atoms with Gasteiger partial charge in [-0.1, -0.05) is 30.3 Å². The molecule has 5 nitrogen and oxygen atoms in total. The lowest BCUT2D eigenvalue weighted by Crippen LogP contribution is -2.07. The minimum atomic E-state index is -0.621. The monoisotopic (exact) mass is 327 g/mol. The zero-order chi connectivity index (χ0) is 17.8. The van der Waals surface area contributed by atoms with Gasteiger partial charge in [-0.15, -0.1) is 0 Å². The van der Waals surface area contributed by atoms with E-state index in [4.69, 9.17) is 0 Å². The number of benzene rings is 2. The summed E-state index contributed by atoms with van der Waals surface area (Å²) in [6, 6.07) is 18.5. The van der Waals surface area contributed by atoms with E-state index in [1.165, 1.54) is 18.2 Å². The van der Waals surface area contributed by atoms with Crippen LogP contribution in [0, 0.1) is 39.8 Å². The molecule has 0 spiro atoms. The predicted octanol–water partition coefficient (Wildman–Crippen LogP) is 3.90. The lowest BCUT2D eigenvalue weighted by Gasteiger charge is -2.11. The van der Waals surface area contributed by atoms with Gasteiger partial charge >= 0.3 is 0 Å². The SMILES string of the molecule is N#CC(C#N)=C(C(C#N)=C1Nc2ccccc2N1)c1ccccc1F. The molecule has 1 aliphatic heterocycles. The Kier molecular flexibility index (Phi) is 4.16. The van der Waals surface area contributed by atoms with E-state index in [1.807, 2.05) is 30.3 Å². The molecule has 3 rings (SSSR count). The van der Waals surface area contributed by atoms with Crippen LogP contribution in [-0.4, -0.2) is 0 Å². The van der Waals surface area contributed by atoms with Gasteiger partial charge in [0, 0.05) is 11.1 Å². The minimum Gasteiger partial charge on any atom is -0.339 e. The van der Waals surface area contributed by atoms with Crippen LogP contribution in [0.2, 0.25) is 0 Å². The molecule has 0 saturated heterocycles. The zero-order valence-electron chi connectivity index (χ0n) is 12.8. The second-order valence-corrected chi connectivity index (χ2v) is 5.11. The minimum absolute atomic E-state index is 0.0144. The first-order chi connectivity index (χ1) is 12.2. The van der Waals surface area contributed by atoms with Gasteiger partial charge in [0.2, 0.25) is 0 Å². The van der Waals surface area contributed by atoms with Crippen LogP contribution in [-0.2, 0) is 0 Å². The fourth-order valence-electron chi connectivity index (χ4n) is 2.56. The zero-order valence-corrected chi connectivity index (χ0v) is 12.8. The summed E-state index contributed by atoms with van der Waals surface area (Å²) < 4.78 is 14.3. The summed E-state index contributed by atoms with van der Waals surface area (Å²) in [6.45, 7) is 0. The number of fused-ring (bicyclic) bond motifs is 1. The van der Waals surface area contributed by atoms with Gasteiger partial charge in [0.15, 0.2) is 0 Å². The number of halogens is 1. The van der Waals surface area contributed by atoms with Crippen LogP contribution in [0.1, 0.15) is 5.56 Å². The van der Waals surface area contributed by atoms with Crippen LogP contribution < -0.4 is 10.6 Å². The molecule has 25 heavy (non-hydrogen) atoms. The van der Waals surface area contributed by atoms with Crippen LogP contribution in [0.15, 0.2) is 65.5 Å². The Morgan fingerprint density at radius 1 is 0.800 bits per heavy atom. The van der Waals surface area contributed by atoms with Crippen LogP contribution in [0.3, 0.4) is 0 Å². The van der Waals surface area contributed by atoms with Gasteiger partial charge in [0.25, 0.3) is 0 Å². The van der Waals surface area contributed by atoms with E-state index in [-0.39, 0.29) is 22.3 Å². The average Bonchev–Trinajstić information content (AvgIpc) is 3.06. The van der Waals surface area contributed by atoms with Crippen molar-refractivity contribution in [2.24, 2.45) is 0 Å². The van der Waals surface area contributed by atoms with E-state index in [0.717, 1.165) is 11.4 Å². The van der Waals surface area contributed by atoms with Crippen molar-refractivity contribution in [1.29, 1.82) is 15.8 Å². The number of para-hydroxylation sites is 2. The molecule has 2 aromatic rings. The number of nitrogens with zero attached hydrogens (tertiary/aromatic N) is 3. The molecule has 118 valence electrons. The van der Waals surface area contributed by atoms with Crippen molar-refractivity contribution < 1.29 is 4.39 Å². The first kappa shape index (κ1) is 15.8. The van der Waals surface area contributed by atoms with Crippen LogP contribution in [0.25, 0.3) is 5.57 Å². The standard InChI is InChI=1S/C19H10FN5/c20-15-6-2-1-5-13(15)18(12(9-21)10-22)14(11-23)19-24-16-7-3-4-8-17(16)25-19/h1-8,24-25H. The van der Waals surface area contributed by atoms with Gasteiger partial charge in [-0.3, -0.25) is 0 Å². The molecule has 1 aliphatic rings. The van der Waals surface area contributed by atoms with Gasteiger partial charge in [-0.2, -0.15) is 15.8 Å². The van der Waals surface area contributed by atoms with E-state index in [0.29, 0.717) is 5.82 Å². The molecule has 0 fully saturated rings. The average molecular weight is 327 g/mol. The van der Waals surface area contributed by atoms with Crippen LogP contribution >= 0.6 is 0 Å². The Morgan fingerprint density at radius 2 is 1.36 bits per heavy atom. The van der Waals surface area contributed by atoms with Gasteiger partial charge in [-0.05, 0) is 18.2 Å². The van der Waals surface area contributed by atoms with Crippen LogP contribution in [0.4, 0.5) is 15.8 Å². The summed E-state index contributed by atoms with van der Waals surface area (Å²) in [4.78, 5) is 0. The maximum atomic E-state index is 14.3. The Morgan fingerprint density at radius 3 is 1.88 bits per heavy atom. The highest BCUT2D eigenvalue weighted by molar-refractivity contribution is 5.93. The molecule has 0 bridgehead atoms. The molecule has 0 aliphatic carbocycles. The molecule has 0 saturated carbocycles. The third-order valence-electron chi connectivity index (χ3n) is 3.68. The Hall–Kier alpha value is -4.08. The highest BCUT2D eigenvalue weighted by Gasteiger charge is 2.24. The van der Waals surface area contributed by atoms with Gasteiger partial charge in [0.05, 0.1) is 11.4 Å². The molecule has 0 radical (unpaired) electrons. The predicted molar refractivity (Wildman–Crippen MR) is 90.9 cm³/mol. The van der Waals surface area contributed by atoms with E-state index >= 15 is 0 Å². The number of nitrogens with one attached hydrogen (secondary N) is 2. The van der Waals surface area contributed by atoms with Gasteiger partial charge < -0.3 is 10.6 Å².